The van der Waals surface area contributed by atoms with Gasteiger partial charge in [0.2, 0.25) is 10.0 Å². The maximum Gasteiger partial charge on any atom is 0.416 e. The quantitative estimate of drug-likeness (QED) is 0.722. The van der Waals surface area contributed by atoms with Gasteiger partial charge in [-0.2, -0.15) is 17.5 Å². The monoisotopic (exact) mass is 432 g/mol. The van der Waals surface area contributed by atoms with E-state index in [2.05, 4.69) is 0 Å². The van der Waals surface area contributed by atoms with Crippen LogP contribution in [0.15, 0.2) is 40.6 Å². The number of rotatable bonds is 5. The number of carbonyl (C=O) groups excluding carboxylic acids is 1. The van der Waals surface area contributed by atoms with Gasteiger partial charge >= 0.3 is 6.18 Å². The predicted octanol–water partition coefficient (Wildman–Crippen LogP) is 3.82. The number of halogens is 3. The topological polar surface area (TPSA) is 57.7 Å². The molecule has 1 aliphatic heterocycles. The van der Waals surface area contributed by atoms with Crippen LogP contribution in [-0.4, -0.2) is 43.7 Å². The highest BCUT2D eigenvalue weighted by molar-refractivity contribution is 7.89. The first-order valence-corrected chi connectivity index (χ1v) is 10.9. The van der Waals surface area contributed by atoms with Crippen molar-refractivity contribution in [3.8, 4) is 0 Å². The molecule has 0 unspecified atom stereocenters. The fraction of sp³-hybridized carbons (Fsp3) is 0.389. The summed E-state index contributed by atoms with van der Waals surface area (Å²) in [5, 5.41) is 1.51. The van der Waals surface area contributed by atoms with Crippen LogP contribution >= 0.6 is 11.3 Å². The van der Waals surface area contributed by atoms with Gasteiger partial charge in [-0.25, -0.2) is 8.42 Å². The molecule has 28 heavy (non-hydrogen) atoms. The number of nitrogens with zero attached hydrogens (tertiary/aromatic N) is 2. The second-order valence-electron chi connectivity index (χ2n) is 6.54. The molecule has 0 radical (unpaired) electrons. The van der Waals surface area contributed by atoms with E-state index in [0.717, 1.165) is 35.1 Å². The summed E-state index contributed by atoms with van der Waals surface area (Å²) in [6.07, 6.45) is -3.00. The van der Waals surface area contributed by atoms with Crippen LogP contribution in [0, 0.1) is 0 Å². The molecular formula is C18H19F3N2O3S2. The minimum absolute atomic E-state index is 0.0129. The first-order valence-electron chi connectivity index (χ1n) is 8.60. The Balaban J connectivity index is 1.86. The Morgan fingerprint density at radius 3 is 2.46 bits per heavy atom. The molecule has 10 heteroatoms. The third kappa shape index (κ3) is 4.08. The highest BCUT2D eigenvalue weighted by Gasteiger charge is 2.35. The molecule has 0 N–H and O–H groups in total. The number of amides is 1. The highest BCUT2D eigenvalue weighted by Crippen LogP contribution is 2.33. The van der Waals surface area contributed by atoms with Crippen LogP contribution in [0.1, 0.15) is 33.6 Å². The standard InChI is InChI=1S/C18H19F3N2O3S2/c1-22(12-13-6-2-3-7-14(13)18(19,20)21)17(24)16-15(8-11-27-16)28(25,26)23-9-4-5-10-23/h2-3,6-8,11H,4-5,9-10,12H2,1H3. The summed E-state index contributed by atoms with van der Waals surface area (Å²) in [6, 6.07) is 6.40. The summed E-state index contributed by atoms with van der Waals surface area (Å²) in [5.74, 6) is -0.621. The highest BCUT2D eigenvalue weighted by atomic mass is 32.2. The van der Waals surface area contributed by atoms with Gasteiger partial charge < -0.3 is 4.90 Å². The molecule has 152 valence electrons. The van der Waals surface area contributed by atoms with E-state index in [1.807, 2.05) is 0 Å². The first-order chi connectivity index (χ1) is 13.1. The maximum absolute atomic E-state index is 13.2. The van der Waals surface area contributed by atoms with Crippen LogP contribution in [0.5, 0.6) is 0 Å². The van der Waals surface area contributed by atoms with E-state index < -0.39 is 27.7 Å². The van der Waals surface area contributed by atoms with Gasteiger partial charge in [0.05, 0.1) is 5.56 Å². The summed E-state index contributed by atoms with van der Waals surface area (Å²) in [5.41, 5.74) is -0.864. The average molecular weight is 432 g/mol. The van der Waals surface area contributed by atoms with Crippen LogP contribution in [-0.2, 0) is 22.7 Å². The van der Waals surface area contributed by atoms with Crippen molar-refractivity contribution in [1.82, 2.24) is 9.21 Å². The predicted molar refractivity (Wildman–Crippen MR) is 99.6 cm³/mol. The summed E-state index contributed by atoms with van der Waals surface area (Å²) < 4.78 is 66.5. The van der Waals surface area contributed by atoms with Crippen LogP contribution in [0.25, 0.3) is 0 Å². The fourth-order valence-corrected chi connectivity index (χ4v) is 6.07. The van der Waals surface area contributed by atoms with Crippen LogP contribution in [0.4, 0.5) is 13.2 Å². The Labute approximate surface area is 165 Å². The van der Waals surface area contributed by atoms with Gasteiger partial charge in [-0.1, -0.05) is 18.2 Å². The second-order valence-corrected chi connectivity index (χ2v) is 9.36. The van der Waals surface area contributed by atoms with Gasteiger partial charge in [-0.05, 0) is 35.9 Å². The molecule has 1 aromatic heterocycles. The van der Waals surface area contributed by atoms with Crippen molar-refractivity contribution in [2.75, 3.05) is 20.1 Å². The van der Waals surface area contributed by atoms with Crippen molar-refractivity contribution in [3.63, 3.8) is 0 Å². The van der Waals surface area contributed by atoms with Gasteiger partial charge in [0.15, 0.2) is 0 Å². The lowest BCUT2D eigenvalue weighted by Gasteiger charge is -2.21. The van der Waals surface area contributed by atoms with Crippen LogP contribution in [0.2, 0.25) is 0 Å². The van der Waals surface area contributed by atoms with E-state index in [9.17, 15) is 26.4 Å². The van der Waals surface area contributed by atoms with Crippen molar-refractivity contribution in [1.29, 1.82) is 0 Å². The largest absolute Gasteiger partial charge is 0.416 e. The molecule has 1 aromatic carbocycles. The Morgan fingerprint density at radius 1 is 1.18 bits per heavy atom. The molecule has 0 bridgehead atoms. The molecular weight excluding hydrogens is 413 g/mol. The summed E-state index contributed by atoms with van der Waals surface area (Å²) in [7, 11) is -2.43. The number of thiophene rings is 1. The molecule has 5 nitrogen and oxygen atoms in total. The molecule has 1 saturated heterocycles. The Kier molecular flexibility index (Phi) is 5.83. The van der Waals surface area contributed by atoms with E-state index in [0.29, 0.717) is 13.1 Å². The summed E-state index contributed by atoms with van der Waals surface area (Å²) in [4.78, 5) is 13.9. The van der Waals surface area contributed by atoms with Crippen molar-refractivity contribution >= 4 is 27.3 Å². The zero-order chi connectivity index (χ0) is 20.5. The Morgan fingerprint density at radius 2 is 1.82 bits per heavy atom. The van der Waals surface area contributed by atoms with Gasteiger partial charge in [-0.3, -0.25) is 4.79 Å². The molecule has 0 spiro atoms. The number of carbonyl (C=O) groups is 1. The maximum atomic E-state index is 13.2. The lowest BCUT2D eigenvalue weighted by molar-refractivity contribution is -0.138. The molecule has 1 amide bonds. The van der Waals surface area contributed by atoms with Crippen molar-refractivity contribution < 1.29 is 26.4 Å². The molecule has 0 atom stereocenters. The number of sulfonamides is 1. The molecule has 1 fully saturated rings. The van der Waals surface area contributed by atoms with Gasteiger partial charge in [-0.15, -0.1) is 11.3 Å². The Bertz CT molecular complexity index is 964. The molecule has 2 heterocycles. The lowest BCUT2D eigenvalue weighted by atomic mass is 10.1. The number of hydrogen-bond acceptors (Lipinski definition) is 4. The van der Waals surface area contributed by atoms with Crippen LogP contribution in [0.3, 0.4) is 0 Å². The summed E-state index contributed by atoms with van der Waals surface area (Å²) >= 11 is 0.973. The van der Waals surface area contributed by atoms with E-state index in [4.69, 9.17) is 0 Å². The SMILES string of the molecule is CN(Cc1ccccc1C(F)(F)F)C(=O)c1sccc1S(=O)(=O)N1CCCC1. The zero-order valence-electron chi connectivity index (χ0n) is 15.1. The van der Waals surface area contributed by atoms with Crippen molar-refractivity contribution in [2.24, 2.45) is 0 Å². The number of alkyl halides is 3. The minimum atomic E-state index is -4.53. The van der Waals surface area contributed by atoms with E-state index in [1.54, 1.807) is 0 Å². The van der Waals surface area contributed by atoms with E-state index in [-0.39, 0.29) is 21.9 Å². The van der Waals surface area contributed by atoms with E-state index >= 15 is 0 Å². The number of benzene rings is 1. The van der Waals surface area contributed by atoms with E-state index in [1.165, 1.54) is 41.0 Å². The van der Waals surface area contributed by atoms with Crippen molar-refractivity contribution in [3.05, 3.63) is 51.7 Å². The van der Waals surface area contributed by atoms with Crippen LogP contribution < -0.4 is 0 Å². The molecule has 0 saturated carbocycles. The second kappa shape index (κ2) is 7.84. The fourth-order valence-electron chi connectivity index (χ4n) is 3.16. The Hall–Kier alpha value is -1.91. The third-order valence-corrected chi connectivity index (χ3v) is 7.56. The van der Waals surface area contributed by atoms with Gasteiger partial charge in [0, 0.05) is 26.7 Å². The summed E-state index contributed by atoms with van der Waals surface area (Å²) in [6.45, 7) is 0.525. The smallest absolute Gasteiger partial charge is 0.337 e. The first kappa shape index (κ1) is 20.8. The molecule has 3 rings (SSSR count). The average Bonchev–Trinajstić information content (AvgIpc) is 3.32. The number of hydrogen-bond donors (Lipinski definition) is 0. The molecule has 1 aliphatic rings. The van der Waals surface area contributed by atoms with Gasteiger partial charge in [0.25, 0.3) is 5.91 Å². The third-order valence-electron chi connectivity index (χ3n) is 4.58. The minimum Gasteiger partial charge on any atom is -0.337 e. The molecule has 2 aromatic rings. The van der Waals surface area contributed by atoms with Gasteiger partial charge in [0.1, 0.15) is 9.77 Å². The zero-order valence-corrected chi connectivity index (χ0v) is 16.7. The normalized spacial score (nSPS) is 15.7. The lowest BCUT2D eigenvalue weighted by Crippen LogP contribution is -2.31. The molecule has 0 aliphatic carbocycles. The van der Waals surface area contributed by atoms with Crippen molar-refractivity contribution in [2.45, 2.75) is 30.5 Å².